The highest BCUT2D eigenvalue weighted by atomic mass is 16.5. The Balaban J connectivity index is 2.05. The van der Waals surface area contributed by atoms with Crippen molar-refractivity contribution in [1.29, 1.82) is 0 Å². The summed E-state index contributed by atoms with van der Waals surface area (Å²) in [5, 5.41) is 4.16. The van der Waals surface area contributed by atoms with E-state index in [1.54, 1.807) is 29.8 Å². The van der Waals surface area contributed by atoms with Gasteiger partial charge in [0, 0.05) is 18.5 Å². The van der Waals surface area contributed by atoms with Gasteiger partial charge in [-0.05, 0) is 25.1 Å². The first kappa shape index (κ1) is 15.8. The molecule has 0 fully saturated rings. The molecule has 3 rings (SSSR count). The SMILES string of the molecule is CCOC(=O)c1ccccc1Nc1cn(C(C)=O)c2ccccc12. The molecule has 0 aliphatic heterocycles. The highest BCUT2D eigenvalue weighted by molar-refractivity contribution is 6.02. The van der Waals surface area contributed by atoms with Crippen LogP contribution in [0.2, 0.25) is 0 Å². The first-order valence-corrected chi connectivity index (χ1v) is 7.76. The molecule has 5 heteroatoms. The third kappa shape index (κ3) is 2.88. The Bertz CT molecular complexity index is 912. The van der Waals surface area contributed by atoms with Crippen LogP contribution in [0.1, 0.15) is 29.0 Å². The van der Waals surface area contributed by atoms with Gasteiger partial charge in [0.05, 0.1) is 29.1 Å². The number of rotatable bonds is 4. The van der Waals surface area contributed by atoms with E-state index in [9.17, 15) is 9.59 Å². The Morgan fingerprint density at radius 3 is 2.50 bits per heavy atom. The Kier molecular flexibility index (Phi) is 4.33. The molecule has 0 radical (unpaired) electrons. The van der Waals surface area contributed by atoms with Crippen molar-refractivity contribution >= 4 is 34.2 Å². The first-order valence-electron chi connectivity index (χ1n) is 7.76. The van der Waals surface area contributed by atoms with E-state index in [2.05, 4.69) is 5.32 Å². The molecule has 3 aromatic rings. The minimum Gasteiger partial charge on any atom is -0.462 e. The van der Waals surface area contributed by atoms with Crippen LogP contribution < -0.4 is 5.32 Å². The van der Waals surface area contributed by atoms with Crippen LogP contribution in [0.3, 0.4) is 0 Å². The molecule has 0 spiro atoms. The van der Waals surface area contributed by atoms with E-state index < -0.39 is 0 Å². The molecule has 0 saturated carbocycles. The van der Waals surface area contributed by atoms with Crippen molar-refractivity contribution in [3.63, 3.8) is 0 Å². The highest BCUT2D eigenvalue weighted by Gasteiger charge is 2.15. The quantitative estimate of drug-likeness (QED) is 0.731. The Labute approximate surface area is 139 Å². The van der Waals surface area contributed by atoms with Crippen LogP contribution in [0.5, 0.6) is 0 Å². The number of ether oxygens (including phenoxy) is 1. The molecule has 0 amide bonds. The smallest absolute Gasteiger partial charge is 0.340 e. The fourth-order valence-electron chi connectivity index (χ4n) is 2.66. The predicted octanol–water partition coefficient (Wildman–Crippen LogP) is 4.22. The van der Waals surface area contributed by atoms with E-state index in [1.807, 2.05) is 36.4 Å². The minimum absolute atomic E-state index is 0.0714. The first-order chi connectivity index (χ1) is 11.6. The van der Waals surface area contributed by atoms with Crippen LogP contribution >= 0.6 is 0 Å². The number of aromatic nitrogens is 1. The van der Waals surface area contributed by atoms with E-state index in [4.69, 9.17) is 4.74 Å². The van der Waals surface area contributed by atoms with Gasteiger partial charge in [-0.1, -0.05) is 30.3 Å². The summed E-state index contributed by atoms with van der Waals surface area (Å²) in [6.07, 6.45) is 1.74. The van der Waals surface area contributed by atoms with E-state index in [0.717, 1.165) is 16.6 Å². The highest BCUT2D eigenvalue weighted by Crippen LogP contribution is 2.30. The molecule has 0 bridgehead atoms. The van der Waals surface area contributed by atoms with Gasteiger partial charge in [0.15, 0.2) is 0 Å². The van der Waals surface area contributed by atoms with Crippen molar-refractivity contribution in [2.75, 3.05) is 11.9 Å². The number of esters is 1. The van der Waals surface area contributed by atoms with Crippen molar-refractivity contribution in [2.45, 2.75) is 13.8 Å². The normalized spacial score (nSPS) is 10.6. The zero-order chi connectivity index (χ0) is 17.1. The standard InChI is InChI=1S/C19H18N2O3/c1-3-24-19(23)15-9-4-6-10-16(15)20-17-12-21(13(2)22)18-11-7-5-8-14(17)18/h4-12,20H,3H2,1-2H3. The van der Waals surface area contributed by atoms with Crippen molar-refractivity contribution in [3.05, 3.63) is 60.3 Å². The summed E-state index contributed by atoms with van der Waals surface area (Å²) >= 11 is 0. The predicted molar refractivity (Wildman–Crippen MR) is 93.9 cm³/mol. The number of fused-ring (bicyclic) bond motifs is 1. The molecule has 0 aliphatic carbocycles. The minimum atomic E-state index is -0.379. The number of nitrogens with zero attached hydrogens (tertiary/aromatic N) is 1. The Morgan fingerprint density at radius 1 is 1.04 bits per heavy atom. The zero-order valence-electron chi connectivity index (χ0n) is 13.6. The van der Waals surface area contributed by atoms with Crippen molar-refractivity contribution in [1.82, 2.24) is 4.57 Å². The van der Waals surface area contributed by atoms with Crippen LogP contribution in [0.15, 0.2) is 54.7 Å². The fourth-order valence-corrected chi connectivity index (χ4v) is 2.66. The second-order valence-electron chi connectivity index (χ2n) is 5.34. The number of carbonyl (C=O) groups is 2. The molecule has 5 nitrogen and oxygen atoms in total. The van der Waals surface area contributed by atoms with E-state index in [-0.39, 0.29) is 11.9 Å². The molecule has 1 aromatic heterocycles. The fraction of sp³-hybridized carbons (Fsp3) is 0.158. The summed E-state index contributed by atoms with van der Waals surface area (Å²) in [6, 6.07) is 14.8. The van der Waals surface area contributed by atoms with Gasteiger partial charge >= 0.3 is 5.97 Å². The lowest BCUT2D eigenvalue weighted by Crippen LogP contribution is -2.07. The monoisotopic (exact) mass is 322 g/mol. The van der Waals surface area contributed by atoms with Crippen LogP contribution in [-0.4, -0.2) is 23.1 Å². The zero-order valence-corrected chi connectivity index (χ0v) is 13.6. The lowest BCUT2D eigenvalue weighted by atomic mass is 10.1. The molecule has 0 saturated heterocycles. The van der Waals surface area contributed by atoms with Crippen molar-refractivity contribution < 1.29 is 14.3 Å². The number of anilines is 2. The van der Waals surface area contributed by atoms with Gasteiger partial charge < -0.3 is 10.1 Å². The number of hydrogen-bond acceptors (Lipinski definition) is 4. The molecule has 0 atom stereocenters. The topological polar surface area (TPSA) is 60.3 Å². The second kappa shape index (κ2) is 6.58. The second-order valence-corrected chi connectivity index (χ2v) is 5.34. The van der Waals surface area contributed by atoms with Gasteiger partial charge in [-0.25, -0.2) is 4.79 Å². The van der Waals surface area contributed by atoms with Crippen LogP contribution in [0, 0.1) is 0 Å². The Hall–Kier alpha value is -3.08. The lowest BCUT2D eigenvalue weighted by Gasteiger charge is -2.10. The maximum atomic E-state index is 12.1. The third-order valence-electron chi connectivity index (χ3n) is 3.74. The van der Waals surface area contributed by atoms with Crippen molar-refractivity contribution in [3.8, 4) is 0 Å². The number of benzene rings is 2. The molecule has 2 aromatic carbocycles. The largest absolute Gasteiger partial charge is 0.462 e. The third-order valence-corrected chi connectivity index (χ3v) is 3.74. The molecule has 1 heterocycles. The molecular formula is C19H18N2O3. The summed E-state index contributed by atoms with van der Waals surface area (Å²) in [5.41, 5.74) is 2.68. The summed E-state index contributed by atoms with van der Waals surface area (Å²) in [7, 11) is 0. The molecule has 0 unspecified atom stereocenters. The molecule has 0 aliphatic rings. The van der Waals surface area contributed by atoms with E-state index in [1.165, 1.54) is 6.92 Å². The van der Waals surface area contributed by atoms with Gasteiger partial charge in [-0.15, -0.1) is 0 Å². The van der Waals surface area contributed by atoms with Gasteiger partial charge in [0.1, 0.15) is 0 Å². The van der Waals surface area contributed by atoms with Crippen molar-refractivity contribution in [2.24, 2.45) is 0 Å². The average molecular weight is 322 g/mol. The van der Waals surface area contributed by atoms with Crippen LogP contribution in [-0.2, 0) is 4.74 Å². The maximum absolute atomic E-state index is 12.1. The summed E-state index contributed by atoms with van der Waals surface area (Å²) in [4.78, 5) is 24.0. The van der Waals surface area contributed by atoms with E-state index in [0.29, 0.717) is 17.9 Å². The van der Waals surface area contributed by atoms with Crippen LogP contribution in [0.4, 0.5) is 11.4 Å². The Morgan fingerprint density at radius 2 is 1.75 bits per heavy atom. The summed E-state index contributed by atoms with van der Waals surface area (Å²) in [6.45, 7) is 3.61. The maximum Gasteiger partial charge on any atom is 0.340 e. The van der Waals surface area contributed by atoms with E-state index >= 15 is 0 Å². The molecule has 122 valence electrons. The van der Waals surface area contributed by atoms with Gasteiger partial charge in [-0.2, -0.15) is 0 Å². The molecule has 1 N–H and O–H groups in total. The number of nitrogens with one attached hydrogen (secondary N) is 1. The number of hydrogen-bond donors (Lipinski definition) is 1. The molecule has 24 heavy (non-hydrogen) atoms. The lowest BCUT2D eigenvalue weighted by molar-refractivity contribution is 0.0527. The van der Waals surface area contributed by atoms with Crippen LogP contribution in [0.25, 0.3) is 10.9 Å². The average Bonchev–Trinajstić information content (AvgIpc) is 2.95. The summed E-state index contributed by atoms with van der Waals surface area (Å²) < 4.78 is 6.69. The summed E-state index contributed by atoms with van der Waals surface area (Å²) in [5.74, 6) is -0.450. The van der Waals surface area contributed by atoms with Gasteiger partial charge in [0.2, 0.25) is 5.91 Å². The molecular weight excluding hydrogens is 304 g/mol. The number of carbonyl (C=O) groups excluding carboxylic acids is 2. The van der Waals surface area contributed by atoms with Gasteiger partial charge in [-0.3, -0.25) is 9.36 Å². The number of para-hydroxylation sites is 2. The van der Waals surface area contributed by atoms with Gasteiger partial charge in [0.25, 0.3) is 0 Å².